The number of nitrogens with one attached hydrogen (secondary N) is 1. The van der Waals surface area contributed by atoms with Gasteiger partial charge in [0.15, 0.2) is 0 Å². The van der Waals surface area contributed by atoms with Gasteiger partial charge in [-0.3, -0.25) is 10.1 Å². The number of hydrogen-bond acceptors (Lipinski definition) is 4. The Bertz CT molecular complexity index is 529. The maximum absolute atomic E-state index is 12.2. The summed E-state index contributed by atoms with van der Waals surface area (Å²) in [5, 5.41) is 1.74. The molecule has 0 spiro atoms. The van der Waals surface area contributed by atoms with Crippen LogP contribution in [-0.2, 0) is 14.8 Å². The van der Waals surface area contributed by atoms with Gasteiger partial charge in [0.1, 0.15) is 6.04 Å². The van der Waals surface area contributed by atoms with Crippen LogP contribution in [0.1, 0.15) is 20.3 Å². The Morgan fingerprint density at radius 3 is 2.61 bits per heavy atom. The monoisotopic (exact) mass is 273 g/mol. The Morgan fingerprint density at radius 1 is 1.33 bits per heavy atom. The molecule has 3 fully saturated rings. The molecule has 0 aromatic rings. The molecule has 0 saturated carbocycles. The lowest BCUT2D eigenvalue weighted by atomic mass is 10.1. The molecule has 0 aliphatic carbocycles. The molecule has 3 aliphatic rings. The zero-order chi connectivity index (χ0) is 13.2. The molecular weight excluding hydrogens is 258 g/mol. The van der Waals surface area contributed by atoms with Gasteiger partial charge in [0.05, 0.1) is 11.3 Å². The molecule has 3 unspecified atom stereocenters. The van der Waals surface area contributed by atoms with Crippen LogP contribution in [0.4, 0.5) is 4.79 Å². The molecule has 3 rings (SSSR count). The maximum Gasteiger partial charge on any atom is 0.325 e. The van der Waals surface area contributed by atoms with Crippen molar-refractivity contribution in [1.29, 1.82) is 0 Å². The Balaban J connectivity index is 1.95. The lowest BCUT2D eigenvalue weighted by molar-refractivity contribution is -0.122. The van der Waals surface area contributed by atoms with E-state index in [4.69, 9.17) is 0 Å². The minimum atomic E-state index is -3.37. The SMILES string of the molecule is CC(C)S(=O)(=O)N1CC2CC1C1C(=O)NC(=O)N21. The van der Waals surface area contributed by atoms with Crippen molar-refractivity contribution >= 4 is 22.0 Å². The van der Waals surface area contributed by atoms with Crippen LogP contribution in [0.2, 0.25) is 0 Å². The van der Waals surface area contributed by atoms with Crippen molar-refractivity contribution < 1.29 is 18.0 Å². The predicted molar refractivity (Wildman–Crippen MR) is 62.1 cm³/mol. The van der Waals surface area contributed by atoms with Crippen LogP contribution in [0.5, 0.6) is 0 Å². The van der Waals surface area contributed by atoms with Gasteiger partial charge in [0, 0.05) is 12.6 Å². The highest BCUT2D eigenvalue weighted by Crippen LogP contribution is 2.40. The molecule has 3 aliphatic heterocycles. The van der Waals surface area contributed by atoms with Gasteiger partial charge in [0.25, 0.3) is 5.91 Å². The van der Waals surface area contributed by atoms with Crippen molar-refractivity contribution in [3.05, 3.63) is 0 Å². The summed E-state index contributed by atoms with van der Waals surface area (Å²) in [5.41, 5.74) is 0. The molecule has 7 nitrogen and oxygen atoms in total. The molecule has 0 aromatic heterocycles. The molecule has 0 aromatic carbocycles. The van der Waals surface area contributed by atoms with Crippen LogP contribution in [0.15, 0.2) is 0 Å². The molecule has 3 saturated heterocycles. The number of rotatable bonds is 2. The highest BCUT2D eigenvalue weighted by Gasteiger charge is 2.61. The maximum atomic E-state index is 12.2. The quantitative estimate of drug-likeness (QED) is 0.661. The number of fused-ring (bicyclic) bond motifs is 5. The zero-order valence-electron chi connectivity index (χ0n) is 10.2. The van der Waals surface area contributed by atoms with Gasteiger partial charge in [0.2, 0.25) is 10.0 Å². The molecule has 3 amide bonds. The first-order chi connectivity index (χ1) is 8.34. The van der Waals surface area contributed by atoms with Crippen LogP contribution in [0.25, 0.3) is 0 Å². The van der Waals surface area contributed by atoms with E-state index >= 15 is 0 Å². The normalized spacial score (nSPS) is 35.5. The first-order valence-corrected chi connectivity index (χ1v) is 7.48. The van der Waals surface area contributed by atoms with Crippen molar-refractivity contribution in [2.45, 2.75) is 43.6 Å². The molecule has 100 valence electrons. The van der Waals surface area contributed by atoms with E-state index in [9.17, 15) is 18.0 Å². The van der Waals surface area contributed by atoms with E-state index in [1.807, 2.05) is 0 Å². The van der Waals surface area contributed by atoms with Crippen molar-refractivity contribution in [2.24, 2.45) is 0 Å². The van der Waals surface area contributed by atoms with Crippen LogP contribution in [0, 0.1) is 0 Å². The molecule has 0 radical (unpaired) electrons. The number of nitrogens with zero attached hydrogens (tertiary/aromatic N) is 2. The summed E-state index contributed by atoms with van der Waals surface area (Å²) < 4.78 is 25.8. The summed E-state index contributed by atoms with van der Waals surface area (Å²) in [7, 11) is -3.37. The third kappa shape index (κ3) is 1.30. The number of piperazine rings is 1. The summed E-state index contributed by atoms with van der Waals surface area (Å²) in [6.45, 7) is 3.56. The number of imide groups is 1. The minimum Gasteiger partial charge on any atom is -0.306 e. The van der Waals surface area contributed by atoms with Crippen LogP contribution in [0.3, 0.4) is 0 Å². The number of sulfonamides is 1. The van der Waals surface area contributed by atoms with E-state index in [0.717, 1.165) is 0 Å². The second kappa shape index (κ2) is 3.45. The van der Waals surface area contributed by atoms with Gasteiger partial charge in [-0.2, -0.15) is 4.31 Å². The summed E-state index contributed by atoms with van der Waals surface area (Å²) in [6, 6.07) is -1.59. The Hall–Kier alpha value is -1.15. The van der Waals surface area contributed by atoms with E-state index in [0.29, 0.717) is 13.0 Å². The summed E-state index contributed by atoms with van der Waals surface area (Å²) in [5.74, 6) is -0.379. The minimum absolute atomic E-state index is 0.167. The lowest BCUT2D eigenvalue weighted by Gasteiger charge is -2.35. The number of urea groups is 1. The molecule has 18 heavy (non-hydrogen) atoms. The fraction of sp³-hybridized carbons (Fsp3) is 0.800. The molecule has 8 heteroatoms. The summed E-state index contributed by atoms with van der Waals surface area (Å²) in [6.07, 6.45) is 0.565. The fourth-order valence-corrected chi connectivity index (χ4v) is 4.62. The number of hydrogen-bond donors (Lipinski definition) is 1. The standard InChI is InChI=1S/C10H15N3O4S/c1-5(2)18(16,17)12-4-6-3-7(12)8-9(14)11-10(15)13(6)8/h5-8H,3-4H2,1-2H3,(H,11,14,15). The second-order valence-corrected chi connectivity index (χ2v) is 7.71. The van der Waals surface area contributed by atoms with Crippen molar-refractivity contribution in [2.75, 3.05) is 6.54 Å². The van der Waals surface area contributed by atoms with Gasteiger partial charge < -0.3 is 4.90 Å². The number of amides is 3. The number of carbonyl (C=O) groups is 2. The largest absolute Gasteiger partial charge is 0.325 e. The van der Waals surface area contributed by atoms with E-state index < -0.39 is 27.4 Å². The van der Waals surface area contributed by atoms with Crippen molar-refractivity contribution in [3.63, 3.8) is 0 Å². The van der Waals surface area contributed by atoms with Crippen molar-refractivity contribution in [1.82, 2.24) is 14.5 Å². The average molecular weight is 273 g/mol. The third-order valence-electron chi connectivity index (χ3n) is 3.99. The lowest BCUT2D eigenvalue weighted by Crippen LogP contribution is -2.55. The zero-order valence-corrected chi connectivity index (χ0v) is 11.0. The van der Waals surface area contributed by atoms with Gasteiger partial charge >= 0.3 is 6.03 Å². The van der Waals surface area contributed by atoms with E-state index in [1.165, 1.54) is 9.21 Å². The van der Waals surface area contributed by atoms with Crippen LogP contribution >= 0.6 is 0 Å². The Labute approximate surface area is 105 Å². The van der Waals surface area contributed by atoms with Crippen LogP contribution in [-0.4, -0.2) is 59.5 Å². The second-order valence-electron chi connectivity index (χ2n) is 5.27. The highest BCUT2D eigenvalue weighted by molar-refractivity contribution is 7.89. The average Bonchev–Trinajstić information content (AvgIpc) is 2.90. The van der Waals surface area contributed by atoms with Gasteiger partial charge in [-0.15, -0.1) is 0 Å². The van der Waals surface area contributed by atoms with Gasteiger partial charge in [-0.1, -0.05) is 0 Å². The molecular formula is C10H15N3O4S. The Kier molecular flexibility index (Phi) is 2.28. The molecule has 3 heterocycles. The van der Waals surface area contributed by atoms with Gasteiger partial charge in [-0.25, -0.2) is 13.2 Å². The fourth-order valence-electron chi connectivity index (χ4n) is 3.11. The first-order valence-electron chi connectivity index (χ1n) is 5.98. The molecule has 1 N–H and O–H groups in total. The van der Waals surface area contributed by atoms with E-state index in [1.54, 1.807) is 13.8 Å². The van der Waals surface area contributed by atoms with Crippen molar-refractivity contribution in [3.8, 4) is 0 Å². The van der Waals surface area contributed by atoms with E-state index in [2.05, 4.69) is 5.32 Å². The van der Waals surface area contributed by atoms with Gasteiger partial charge in [-0.05, 0) is 20.3 Å². The smallest absolute Gasteiger partial charge is 0.306 e. The van der Waals surface area contributed by atoms with E-state index in [-0.39, 0.29) is 18.0 Å². The number of carbonyl (C=O) groups excluding carboxylic acids is 2. The Morgan fingerprint density at radius 2 is 2.00 bits per heavy atom. The first kappa shape index (κ1) is 11.9. The third-order valence-corrected chi connectivity index (χ3v) is 6.25. The van der Waals surface area contributed by atoms with Crippen LogP contribution < -0.4 is 5.32 Å². The molecule has 3 atom stereocenters. The summed E-state index contributed by atoms with van der Waals surface area (Å²) in [4.78, 5) is 24.8. The molecule has 2 bridgehead atoms. The predicted octanol–water partition coefficient (Wildman–Crippen LogP) is -0.898. The summed E-state index contributed by atoms with van der Waals surface area (Å²) >= 11 is 0. The highest BCUT2D eigenvalue weighted by atomic mass is 32.2. The topological polar surface area (TPSA) is 86.8 Å².